The van der Waals surface area contributed by atoms with E-state index in [4.69, 9.17) is 10.2 Å². The van der Waals surface area contributed by atoms with Crippen molar-refractivity contribution in [2.75, 3.05) is 13.1 Å². The summed E-state index contributed by atoms with van der Waals surface area (Å²) in [5.74, 6) is 0. The molecule has 1 saturated heterocycles. The molecule has 1 fully saturated rings. The summed E-state index contributed by atoms with van der Waals surface area (Å²) >= 11 is 0. The first kappa shape index (κ1) is 9.88. The van der Waals surface area contributed by atoms with Gasteiger partial charge in [-0.25, -0.2) is 0 Å². The number of hydrogen-bond acceptors (Lipinski definition) is 3. The van der Waals surface area contributed by atoms with Crippen LogP contribution in [0.4, 0.5) is 0 Å². The minimum absolute atomic E-state index is 0.529. The van der Waals surface area contributed by atoms with Crippen LogP contribution in [0.25, 0.3) is 0 Å². The average Bonchev–Trinajstić information content (AvgIpc) is 2.19. The van der Waals surface area contributed by atoms with Crippen LogP contribution in [0.2, 0.25) is 0 Å². The third-order valence-electron chi connectivity index (χ3n) is 1.15. The van der Waals surface area contributed by atoms with Gasteiger partial charge in [-0.3, -0.25) is 0 Å². The fourth-order valence-electron chi connectivity index (χ4n) is 0.651. The molecule has 62 valence electrons. The Morgan fingerprint density at radius 1 is 1.20 bits per heavy atom. The summed E-state index contributed by atoms with van der Waals surface area (Å²) < 4.78 is 0. The van der Waals surface area contributed by atoms with Gasteiger partial charge in [0.15, 0.2) is 0 Å². The summed E-state index contributed by atoms with van der Waals surface area (Å²) in [6.45, 7) is 5.31. The van der Waals surface area contributed by atoms with E-state index in [1.807, 2.05) is 0 Å². The van der Waals surface area contributed by atoms with Crippen molar-refractivity contribution < 1.29 is 10.2 Å². The molecule has 0 unspecified atom stereocenters. The van der Waals surface area contributed by atoms with Crippen LogP contribution in [-0.2, 0) is 0 Å². The number of aliphatic hydroxyl groups excluding tert-OH is 2. The van der Waals surface area contributed by atoms with Gasteiger partial charge in [0.05, 0.1) is 12.2 Å². The second-order valence-corrected chi connectivity index (χ2v) is 2.50. The zero-order valence-corrected chi connectivity index (χ0v) is 6.67. The van der Waals surface area contributed by atoms with Gasteiger partial charge in [0.1, 0.15) is 0 Å². The molecule has 0 bridgehead atoms. The lowest BCUT2D eigenvalue weighted by molar-refractivity contribution is 0.0572. The molecule has 0 saturated carbocycles. The van der Waals surface area contributed by atoms with E-state index in [1.54, 1.807) is 0 Å². The third-order valence-corrected chi connectivity index (χ3v) is 1.15. The summed E-state index contributed by atoms with van der Waals surface area (Å²) in [5.41, 5.74) is 0. The highest BCUT2D eigenvalue weighted by atomic mass is 16.3. The van der Waals surface area contributed by atoms with Crippen LogP contribution in [0.1, 0.15) is 20.3 Å². The van der Waals surface area contributed by atoms with Gasteiger partial charge in [-0.15, -0.1) is 0 Å². The van der Waals surface area contributed by atoms with Crippen molar-refractivity contribution in [3.05, 3.63) is 0 Å². The predicted octanol–water partition coefficient (Wildman–Crippen LogP) is -0.272. The highest BCUT2D eigenvalue weighted by Gasteiger charge is 2.21. The van der Waals surface area contributed by atoms with Crippen molar-refractivity contribution in [2.24, 2.45) is 0 Å². The van der Waals surface area contributed by atoms with Crippen LogP contribution in [0.15, 0.2) is 0 Å². The van der Waals surface area contributed by atoms with Crippen molar-refractivity contribution in [1.29, 1.82) is 0 Å². The standard InChI is InChI=1S/C4H9NO2.C3H8/c6-3-1-5-2-4(3)7;1-3-2/h3-7H,1-2H2;3H2,1-2H3/t3-,4-;/m0./s1. The van der Waals surface area contributed by atoms with Crippen molar-refractivity contribution in [3.8, 4) is 0 Å². The molecule has 0 aromatic rings. The SMILES string of the molecule is CCC.O[C@H]1CNC[C@@H]1O. The van der Waals surface area contributed by atoms with Crippen LogP contribution in [0.3, 0.4) is 0 Å². The second kappa shape index (κ2) is 5.65. The number of hydrogen-bond donors (Lipinski definition) is 3. The van der Waals surface area contributed by atoms with Crippen LogP contribution in [0, 0.1) is 0 Å². The van der Waals surface area contributed by atoms with Gasteiger partial charge in [-0.05, 0) is 0 Å². The molecule has 0 spiro atoms. The van der Waals surface area contributed by atoms with Crippen LogP contribution in [0.5, 0.6) is 0 Å². The summed E-state index contributed by atoms with van der Waals surface area (Å²) in [4.78, 5) is 0. The quantitative estimate of drug-likeness (QED) is 0.442. The van der Waals surface area contributed by atoms with Gasteiger partial charge in [0.2, 0.25) is 0 Å². The van der Waals surface area contributed by atoms with Crippen LogP contribution >= 0.6 is 0 Å². The molecule has 1 aliphatic heterocycles. The monoisotopic (exact) mass is 147 g/mol. The van der Waals surface area contributed by atoms with E-state index in [-0.39, 0.29) is 0 Å². The maximum atomic E-state index is 8.69. The topological polar surface area (TPSA) is 52.5 Å². The first-order valence-electron chi connectivity index (χ1n) is 3.79. The lowest BCUT2D eigenvalue weighted by Gasteiger charge is -2.01. The average molecular weight is 147 g/mol. The van der Waals surface area contributed by atoms with E-state index in [2.05, 4.69) is 19.2 Å². The maximum absolute atomic E-state index is 8.69. The van der Waals surface area contributed by atoms with Gasteiger partial charge in [0, 0.05) is 13.1 Å². The van der Waals surface area contributed by atoms with E-state index in [0.717, 1.165) is 0 Å². The summed E-state index contributed by atoms with van der Waals surface area (Å²) in [6.07, 6.45) is 0.167. The predicted molar refractivity (Wildman–Crippen MR) is 40.8 cm³/mol. The number of nitrogens with one attached hydrogen (secondary N) is 1. The fourth-order valence-corrected chi connectivity index (χ4v) is 0.651. The fraction of sp³-hybridized carbons (Fsp3) is 1.00. The largest absolute Gasteiger partial charge is 0.389 e. The molecule has 0 radical (unpaired) electrons. The van der Waals surface area contributed by atoms with Gasteiger partial charge in [-0.1, -0.05) is 20.3 Å². The van der Waals surface area contributed by atoms with Gasteiger partial charge < -0.3 is 15.5 Å². The van der Waals surface area contributed by atoms with Crippen molar-refractivity contribution in [3.63, 3.8) is 0 Å². The first-order chi connectivity index (χ1) is 4.72. The van der Waals surface area contributed by atoms with Gasteiger partial charge >= 0.3 is 0 Å². The molecule has 3 N–H and O–H groups in total. The van der Waals surface area contributed by atoms with Gasteiger partial charge in [0.25, 0.3) is 0 Å². The number of aliphatic hydroxyl groups is 2. The van der Waals surface area contributed by atoms with Crippen LogP contribution < -0.4 is 5.32 Å². The molecule has 2 atom stereocenters. The molecule has 0 amide bonds. The molecule has 0 aliphatic carbocycles. The van der Waals surface area contributed by atoms with E-state index >= 15 is 0 Å². The molecular weight excluding hydrogens is 130 g/mol. The molecular formula is C7H17NO2. The molecule has 1 rings (SSSR count). The summed E-state index contributed by atoms with van der Waals surface area (Å²) in [6, 6.07) is 0. The smallest absolute Gasteiger partial charge is 0.0935 e. The maximum Gasteiger partial charge on any atom is 0.0935 e. The van der Waals surface area contributed by atoms with Crippen molar-refractivity contribution in [1.82, 2.24) is 5.32 Å². The molecule has 1 heterocycles. The van der Waals surface area contributed by atoms with Gasteiger partial charge in [-0.2, -0.15) is 0 Å². The van der Waals surface area contributed by atoms with Crippen molar-refractivity contribution >= 4 is 0 Å². The third kappa shape index (κ3) is 3.82. The Kier molecular flexibility index (Phi) is 5.58. The molecule has 3 nitrogen and oxygen atoms in total. The highest BCUT2D eigenvalue weighted by Crippen LogP contribution is 1.96. The molecule has 0 aromatic heterocycles. The van der Waals surface area contributed by atoms with E-state index < -0.39 is 12.2 Å². The lowest BCUT2D eigenvalue weighted by atomic mass is 10.3. The summed E-state index contributed by atoms with van der Waals surface area (Å²) in [5, 5.41) is 20.2. The Morgan fingerprint density at radius 2 is 1.50 bits per heavy atom. The number of rotatable bonds is 0. The number of β-amino-alcohol motifs (C(OH)–C–C–N with tert-alkyl or cyclic N) is 2. The Labute approximate surface area is 62.1 Å². The molecule has 3 heteroatoms. The Hall–Kier alpha value is -0.120. The van der Waals surface area contributed by atoms with Crippen molar-refractivity contribution in [2.45, 2.75) is 32.5 Å². The minimum atomic E-state index is -0.542. The zero-order chi connectivity index (χ0) is 7.98. The highest BCUT2D eigenvalue weighted by molar-refractivity contribution is 4.78. The lowest BCUT2D eigenvalue weighted by Crippen LogP contribution is -2.22. The summed E-state index contributed by atoms with van der Waals surface area (Å²) in [7, 11) is 0. The van der Waals surface area contributed by atoms with Crippen LogP contribution in [-0.4, -0.2) is 35.5 Å². The molecule has 1 aliphatic rings. The Morgan fingerprint density at radius 3 is 1.60 bits per heavy atom. The second-order valence-electron chi connectivity index (χ2n) is 2.50. The Balaban J connectivity index is 0.000000236. The Bertz CT molecular complexity index is 70.0. The first-order valence-corrected chi connectivity index (χ1v) is 3.79. The zero-order valence-electron chi connectivity index (χ0n) is 6.67. The van der Waals surface area contributed by atoms with E-state index in [1.165, 1.54) is 6.42 Å². The van der Waals surface area contributed by atoms with E-state index in [9.17, 15) is 0 Å². The molecule has 10 heavy (non-hydrogen) atoms. The minimum Gasteiger partial charge on any atom is -0.389 e. The van der Waals surface area contributed by atoms with E-state index in [0.29, 0.717) is 13.1 Å². The normalized spacial score (nSPS) is 31.2. The molecule has 0 aromatic carbocycles.